The van der Waals surface area contributed by atoms with Crippen molar-refractivity contribution in [2.45, 2.75) is 62.1 Å². The number of nitrogens with zero attached hydrogens (tertiary/aromatic N) is 1. The molecule has 1 atom stereocenters. The Hall–Kier alpha value is -3.22. The van der Waals surface area contributed by atoms with Crippen LogP contribution in [0, 0.1) is 11.3 Å². The zero-order valence-corrected chi connectivity index (χ0v) is 19.2. The Balaban J connectivity index is 1.63. The highest BCUT2D eigenvalue weighted by Crippen LogP contribution is 2.27. The molecule has 33 heavy (non-hydrogen) atoms. The van der Waals surface area contributed by atoms with Crippen molar-refractivity contribution < 1.29 is 22.7 Å². The van der Waals surface area contributed by atoms with E-state index >= 15 is 0 Å². The van der Waals surface area contributed by atoms with Crippen molar-refractivity contribution in [2.24, 2.45) is 0 Å². The molecular formula is C24H27N3O5S. The van der Waals surface area contributed by atoms with E-state index in [1.807, 2.05) is 18.2 Å². The summed E-state index contributed by atoms with van der Waals surface area (Å²) in [5.41, 5.74) is -0.136. The molecule has 174 valence electrons. The molecule has 1 aliphatic rings. The van der Waals surface area contributed by atoms with Gasteiger partial charge in [-0.3, -0.25) is 4.79 Å². The fourth-order valence-corrected chi connectivity index (χ4v) is 4.75. The number of amides is 1. The fourth-order valence-electron chi connectivity index (χ4n) is 3.69. The monoisotopic (exact) mass is 469 g/mol. The summed E-state index contributed by atoms with van der Waals surface area (Å²) in [5.74, 6) is -1.38. The quantitative estimate of drug-likeness (QED) is 0.573. The molecule has 0 aromatic heterocycles. The van der Waals surface area contributed by atoms with E-state index in [1.54, 1.807) is 12.1 Å². The van der Waals surface area contributed by atoms with Gasteiger partial charge >= 0.3 is 5.97 Å². The maximum atomic E-state index is 12.6. The number of carbonyl (C=O) groups is 2. The van der Waals surface area contributed by atoms with E-state index in [1.165, 1.54) is 31.2 Å². The summed E-state index contributed by atoms with van der Waals surface area (Å²) in [7, 11) is -3.86. The molecule has 0 radical (unpaired) electrons. The highest BCUT2D eigenvalue weighted by molar-refractivity contribution is 7.89. The molecule has 1 aliphatic carbocycles. The predicted molar refractivity (Wildman–Crippen MR) is 121 cm³/mol. The van der Waals surface area contributed by atoms with Crippen LogP contribution in [0.5, 0.6) is 0 Å². The number of hydrogen-bond donors (Lipinski definition) is 2. The molecular weight excluding hydrogens is 442 g/mol. The minimum Gasteiger partial charge on any atom is -0.449 e. The lowest BCUT2D eigenvalue weighted by molar-refractivity contribution is -0.130. The van der Waals surface area contributed by atoms with Crippen molar-refractivity contribution in [2.75, 3.05) is 0 Å². The molecule has 1 amide bonds. The van der Waals surface area contributed by atoms with Crippen LogP contribution in [0.15, 0.2) is 59.5 Å². The molecule has 0 saturated heterocycles. The molecule has 2 aromatic rings. The topological polar surface area (TPSA) is 125 Å². The predicted octanol–water partition coefficient (Wildman–Crippen LogP) is 3.05. The summed E-state index contributed by atoms with van der Waals surface area (Å²) in [6.45, 7) is 1.53. The third-order valence-electron chi connectivity index (χ3n) is 5.63. The molecule has 0 aliphatic heterocycles. The summed E-state index contributed by atoms with van der Waals surface area (Å²) in [5, 5.41) is 12.2. The maximum absolute atomic E-state index is 12.6. The molecule has 9 heteroatoms. The van der Waals surface area contributed by atoms with E-state index in [-0.39, 0.29) is 17.0 Å². The Bertz CT molecular complexity index is 1140. The Kier molecular flexibility index (Phi) is 7.84. The minimum atomic E-state index is -3.86. The van der Waals surface area contributed by atoms with E-state index in [0.29, 0.717) is 12.8 Å². The first-order valence-electron chi connectivity index (χ1n) is 10.8. The van der Waals surface area contributed by atoms with Crippen molar-refractivity contribution >= 4 is 21.9 Å². The first-order chi connectivity index (χ1) is 15.7. The van der Waals surface area contributed by atoms with Crippen LogP contribution in [-0.4, -0.2) is 31.9 Å². The van der Waals surface area contributed by atoms with Gasteiger partial charge in [0.25, 0.3) is 5.91 Å². The second kappa shape index (κ2) is 10.6. The van der Waals surface area contributed by atoms with Gasteiger partial charge in [-0.05, 0) is 43.5 Å². The average Bonchev–Trinajstić information content (AvgIpc) is 2.84. The summed E-state index contributed by atoms with van der Waals surface area (Å²) < 4.78 is 33.0. The number of ether oxygens (including phenoxy) is 1. The molecule has 3 rings (SSSR count). The molecule has 8 nitrogen and oxygen atoms in total. The van der Waals surface area contributed by atoms with Crippen LogP contribution in [0.2, 0.25) is 0 Å². The van der Waals surface area contributed by atoms with Gasteiger partial charge in [0.05, 0.1) is 16.5 Å². The number of rotatable bonds is 8. The zero-order valence-electron chi connectivity index (χ0n) is 18.4. The molecule has 0 heterocycles. The van der Waals surface area contributed by atoms with Gasteiger partial charge in [0.1, 0.15) is 5.54 Å². The Morgan fingerprint density at radius 1 is 1.09 bits per heavy atom. The Labute approximate surface area is 194 Å². The molecule has 0 spiro atoms. The van der Waals surface area contributed by atoms with E-state index in [2.05, 4.69) is 16.1 Å². The van der Waals surface area contributed by atoms with Gasteiger partial charge < -0.3 is 10.1 Å². The number of carbonyl (C=O) groups excluding carboxylic acids is 2. The third kappa shape index (κ3) is 6.40. The van der Waals surface area contributed by atoms with E-state index in [0.717, 1.165) is 24.8 Å². The van der Waals surface area contributed by atoms with Gasteiger partial charge in [0.15, 0.2) is 6.10 Å². The summed E-state index contributed by atoms with van der Waals surface area (Å²) in [4.78, 5) is 25.0. The van der Waals surface area contributed by atoms with Crippen LogP contribution in [0.25, 0.3) is 0 Å². The van der Waals surface area contributed by atoms with Gasteiger partial charge in [-0.15, -0.1) is 0 Å². The number of sulfonamides is 1. The van der Waals surface area contributed by atoms with Gasteiger partial charge in [0.2, 0.25) is 10.0 Å². The Morgan fingerprint density at radius 3 is 2.45 bits per heavy atom. The summed E-state index contributed by atoms with van der Waals surface area (Å²) in [6.07, 6.45) is 2.70. The van der Waals surface area contributed by atoms with Gasteiger partial charge in [-0.25, -0.2) is 17.9 Å². The highest BCUT2D eigenvalue weighted by Gasteiger charge is 2.35. The van der Waals surface area contributed by atoms with Crippen LogP contribution in [0.1, 0.15) is 54.9 Å². The maximum Gasteiger partial charge on any atom is 0.338 e. The van der Waals surface area contributed by atoms with E-state index < -0.39 is 33.5 Å². The van der Waals surface area contributed by atoms with Crippen LogP contribution in [0.4, 0.5) is 0 Å². The number of esters is 1. The lowest BCUT2D eigenvalue weighted by Crippen LogP contribution is -2.52. The van der Waals surface area contributed by atoms with Crippen molar-refractivity contribution in [1.29, 1.82) is 5.26 Å². The van der Waals surface area contributed by atoms with Crippen molar-refractivity contribution in [3.8, 4) is 6.07 Å². The third-order valence-corrected chi connectivity index (χ3v) is 7.02. The number of nitrogens with one attached hydrogen (secondary N) is 2. The van der Waals surface area contributed by atoms with E-state index in [9.17, 15) is 23.3 Å². The normalized spacial score (nSPS) is 16.2. The van der Waals surface area contributed by atoms with Crippen LogP contribution >= 0.6 is 0 Å². The van der Waals surface area contributed by atoms with Gasteiger partial charge in [-0.1, -0.05) is 55.7 Å². The second-order valence-corrected chi connectivity index (χ2v) is 9.90. The molecule has 1 unspecified atom stereocenters. The molecule has 2 aromatic carbocycles. The molecule has 1 fully saturated rings. The summed E-state index contributed by atoms with van der Waals surface area (Å²) >= 11 is 0. The first kappa shape index (κ1) is 24.4. The number of nitriles is 1. The van der Waals surface area contributed by atoms with Crippen LogP contribution in [-0.2, 0) is 26.1 Å². The van der Waals surface area contributed by atoms with Crippen LogP contribution in [0.3, 0.4) is 0 Å². The van der Waals surface area contributed by atoms with Gasteiger partial charge in [0, 0.05) is 6.54 Å². The van der Waals surface area contributed by atoms with Crippen molar-refractivity contribution in [3.63, 3.8) is 0 Å². The lowest BCUT2D eigenvalue weighted by Gasteiger charge is -2.32. The van der Waals surface area contributed by atoms with Crippen molar-refractivity contribution in [1.82, 2.24) is 10.0 Å². The largest absolute Gasteiger partial charge is 0.449 e. The molecule has 0 bridgehead atoms. The number of hydrogen-bond acceptors (Lipinski definition) is 6. The van der Waals surface area contributed by atoms with Crippen LogP contribution < -0.4 is 10.0 Å². The van der Waals surface area contributed by atoms with Gasteiger partial charge in [-0.2, -0.15) is 5.26 Å². The summed E-state index contributed by atoms with van der Waals surface area (Å²) in [6, 6.07) is 16.7. The number of benzene rings is 2. The van der Waals surface area contributed by atoms with E-state index in [4.69, 9.17) is 4.74 Å². The molecule has 1 saturated carbocycles. The lowest BCUT2D eigenvalue weighted by atomic mass is 9.83. The molecule has 2 N–H and O–H groups in total. The highest BCUT2D eigenvalue weighted by atomic mass is 32.2. The standard InChI is InChI=1S/C24H27N3O5S/c1-18(22(28)27-24(17-25)13-6-3-7-14-24)32-23(29)20-11-8-12-21(15-20)33(30,31)26-16-19-9-4-2-5-10-19/h2,4-5,8-12,15,18,26H,3,6-7,13-14,16H2,1H3,(H,27,28). The fraction of sp³-hybridized carbons (Fsp3) is 0.375. The first-order valence-corrected chi connectivity index (χ1v) is 12.3. The minimum absolute atomic E-state index is 0.00454. The smallest absolute Gasteiger partial charge is 0.338 e. The van der Waals surface area contributed by atoms with Crippen molar-refractivity contribution in [3.05, 3.63) is 65.7 Å². The average molecular weight is 470 g/mol. The zero-order chi connectivity index (χ0) is 23.9. The second-order valence-electron chi connectivity index (χ2n) is 8.13. The Morgan fingerprint density at radius 2 is 1.79 bits per heavy atom. The SMILES string of the molecule is CC(OC(=O)c1cccc(S(=O)(=O)NCc2ccccc2)c1)C(=O)NC1(C#N)CCCCC1.